The smallest absolute Gasteiger partial charge is 0.0366 e. The second-order valence-corrected chi connectivity index (χ2v) is 4.61. The van der Waals surface area contributed by atoms with Gasteiger partial charge in [-0.05, 0) is 37.0 Å². The maximum atomic E-state index is 2.50. The standard InChI is InChI=1S/C12H16IN/c13-10-11-4-6-12(7-5-11)14-8-2-1-3-9-14/h4-7H,1-3,8-10H2. The largest absolute Gasteiger partial charge is 0.372 e. The molecular weight excluding hydrogens is 285 g/mol. The van der Waals surface area contributed by atoms with E-state index in [4.69, 9.17) is 0 Å². The number of piperidine rings is 1. The van der Waals surface area contributed by atoms with Crippen molar-refractivity contribution in [2.45, 2.75) is 23.7 Å². The van der Waals surface area contributed by atoms with Crippen molar-refractivity contribution in [2.75, 3.05) is 18.0 Å². The fourth-order valence-electron chi connectivity index (χ4n) is 1.95. The third-order valence-corrected chi connectivity index (χ3v) is 3.69. The summed E-state index contributed by atoms with van der Waals surface area (Å²) < 4.78 is 1.11. The first-order chi connectivity index (χ1) is 6.90. The lowest BCUT2D eigenvalue weighted by molar-refractivity contribution is 0.578. The van der Waals surface area contributed by atoms with Crippen molar-refractivity contribution in [1.29, 1.82) is 0 Å². The maximum Gasteiger partial charge on any atom is 0.0366 e. The minimum Gasteiger partial charge on any atom is -0.372 e. The van der Waals surface area contributed by atoms with E-state index in [2.05, 4.69) is 51.8 Å². The van der Waals surface area contributed by atoms with Crippen LogP contribution < -0.4 is 4.90 Å². The van der Waals surface area contributed by atoms with Gasteiger partial charge in [0.1, 0.15) is 0 Å². The van der Waals surface area contributed by atoms with Crippen molar-refractivity contribution < 1.29 is 0 Å². The summed E-state index contributed by atoms with van der Waals surface area (Å²) >= 11 is 2.41. The molecular formula is C12H16IN. The van der Waals surface area contributed by atoms with Crippen LogP contribution in [-0.2, 0) is 4.43 Å². The van der Waals surface area contributed by atoms with Gasteiger partial charge in [0.25, 0.3) is 0 Å². The third kappa shape index (κ3) is 2.41. The Hall–Kier alpha value is -0.250. The number of alkyl halides is 1. The van der Waals surface area contributed by atoms with Crippen LogP contribution in [0, 0.1) is 0 Å². The molecule has 1 aliphatic heterocycles. The minimum absolute atomic E-state index is 1.11. The molecule has 0 amide bonds. The van der Waals surface area contributed by atoms with E-state index in [1.807, 2.05) is 0 Å². The lowest BCUT2D eigenvalue weighted by Gasteiger charge is -2.28. The Labute approximate surface area is 99.6 Å². The summed E-state index contributed by atoms with van der Waals surface area (Å²) in [5.41, 5.74) is 2.82. The summed E-state index contributed by atoms with van der Waals surface area (Å²) in [6.45, 7) is 2.48. The highest BCUT2D eigenvalue weighted by atomic mass is 127. The van der Waals surface area contributed by atoms with Crippen LogP contribution in [0.2, 0.25) is 0 Å². The highest BCUT2D eigenvalue weighted by Gasteiger charge is 2.09. The van der Waals surface area contributed by atoms with Crippen LogP contribution in [0.3, 0.4) is 0 Å². The van der Waals surface area contributed by atoms with E-state index in [9.17, 15) is 0 Å². The van der Waals surface area contributed by atoms with Gasteiger partial charge in [-0.2, -0.15) is 0 Å². The Morgan fingerprint density at radius 3 is 2.21 bits per heavy atom. The fraction of sp³-hybridized carbons (Fsp3) is 0.500. The molecule has 0 spiro atoms. The molecule has 1 nitrogen and oxygen atoms in total. The molecule has 0 saturated carbocycles. The summed E-state index contributed by atoms with van der Waals surface area (Å²) in [5.74, 6) is 0. The topological polar surface area (TPSA) is 3.24 Å². The van der Waals surface area contributed by atoms with E-state index in [-0.39, 0.29) is 0 Å². The van der Waals surface area contributed by atoms with Crippen molar-refractivity contribution >= 4 is 28.3 Å². The lowest BCUT2D eigenvalue weighted by Crippen LogP contribution is -2.29. The molecule has 2 heteroatoms. The van der Waals surface area contributed by atoms with Gasteiger partial charge in [0.2, 0.25) is 0 Å². The normalized spacial score (nSPS) is 17.1. The van der Waals surface area contributed by atoms with Crippen molar-refractivity contribution in [1.82, 2.24) is 0 Å². The molecule has 0 aromatic heterocycles. The van der Waals surface area contributed by atoms with Crippen LogP contribution in [0.25, 0.3) is 0 Å². The predicted octanol–water partition coefficient (Wildman–Crippen LogP) is 3.61. The number of anilines is 1. The van der Waals surface area contributed by atoms with E-state index < -0.39 is 0 Å². The van der Waals surface area contributed by atoms with Crippen LogP contribution in [0.5, 0.6) is 0 Å². The van der Waals surface area contributed by atoms with Gasteiger partial charge in [-0.1, -0.05) is 34.7 Å². The molecule has 0 N–H and O–H groups in total. The van der Waals surface area contributed by atoms with Crippen LogP contribution in [0.4, 0.5) is 5.69 Å². The van der Waals surface area contributed by atoms with Crippen molar-refractivity contribution in [2.24, 2.45) is 0 Å². The van der Waals surface area contributed by atoms with E-state index in [1.165, 1.54) is 43.6 Å². The zero-order chi connectivity index (χ0) is 9.80. The summed E-state index contributed by atoms with van der Waals surface area (Å²) in [5, 5.41) is 0. The van der Waals surface area contributed by atoms with E-state index in [0.29, 0.717) is 0 Å². The minimum atomic E-state index is 1.11. The molecule has 14 heavy (non-hydrogen) atoms. The molecule has 1 aliphatic rings. The second-order valence-electron chi connectivity index (χ2n) is 3.85. The molecule has 0 unspecified atom stereocenters. The van der Waals surface area contributed by atoms with Gasteiger partial charge in [-0.3, -0.25) is 0 Å². The van der Waals surface area contributed by atoms with Gasteiger partial charge >= 0.3 is 0 Å². The molecule has 1 aromatic carbocycles. The number of hydrogen-bond donors (Lipinski definition) is 0. The predicted molar refractivity (Wildman–Crippen MR) is 70.2 cm³/mol. The van der Waals surface area contributed by atoms with Gasteiger partial charge in [-0.25, -0.2) is 0 Å². The van der Waals surface area contributed by atoms with Crippen molar-refractivity contribution in [3.05, 3.63) is 29.8 Å². The molecule has 1 saturated heterocycles. The fourth-order valence-corrected chi connectivity index (χ4v) is 2.46. The molecule has 76 valence electrons. The molecule has 1 fully saturated rings. The van der Waals surface area contributed by atoms with Crippen molar-refractivity contribution in [3.8, 4) is 0 Å². The van der Waals surface area contributed by atoms with Crippen LogP contribution >= 0.6 is 22.6 Å². The van der Waals surface area contributed by atoms with Gasteiger partial charge in [0, 0.05) is 23.2 Å². The van der Waals surface area contributed by atoms with Gasteiger partial charge in [0.15, 0.2) is 0 Å². The average Bonchev–Trinajstić information content (AvgIpc) is 2.30. The highest BCUT2D eigenvalue weighted by molar-refractivity contribution is 14.1. The molecule has 0 radical (unpaired) electrons. The van der Waals surface area contributed by atoms with Gasteiger partial charge in [0.05, 0.1) is 0 Å². The van der Waals surface area contributed by atoms with Crippen LogP contribution in [0.15, 0.2) is 24.3 Å². The Morgan fingerprint density at radius 2 is 1.64 bits per heavy atom. The molecule has 2 rings (SSSR count). The summed E-state index contributed by atoms with van der Waals surface area (Å²) in [6.07, 6.45) is 4.12. The molecule has 1 aromatic rings. The summed E-state index contributed by atoms with van der Waals surface area (Å²) in [7, 11) is 0. The van der Waals surface area contributed by atoms with E-state index in [1.54, 1.807) is 0 Å². The first kappa shape index (κ1) is 10.3. The lowest BCUT2D eigenvalue weighted by atomic mass is 10.1. The monoisotopic (exact) mass is 301 g/mol. The third-order valence-electron chi connectivity index (χ3n) is 2.81. The maximum absolute atomic E-state index is 2.50. The number of halogens is 1. The molecule has 1 heterocycles. The quantitative estimate of drug-likeness (QED) is 0.596. The second kappa shape index (κ2) is 5.01. The highest BCUT2D eigenvalue weighted by Crippen LogP contribution is 2.20. The van der Waals surface area contributed by atoms with E-state index >= 15 is 0 Å². The Balaban J connectivity index is 2.07. The number of nitrogens with zero attached hydrogens (tertiary/aromatic N) is 1. The number of rotatable bonds is 2. The molecule has 0 bridgehead atoms. The number of benzene rings is 1. The molecule has 0 aliphatic carbocycles. The Bertz CT molecular complexity index is 275. The zero-order valence-corrected chi connectivity index (χ0v) is 10.5. The summed E-state index contributed by atoms with van der Waals surface area (Å²) in [6, 6.07) is 9.02. The number of hydrogen-bond acceptors (Lipinski definition) is 1. The van der Waals surface area contributed by atoms with Gasteiger partial charge < -0.3 is 4.90 Å². The Kier molecular flexibility index (Phi) is 3.67. The van der Waals surface area contributed by atoms with Crippen molar-refractivity contribution in [3.63, 3.8) is 0 Å². The van der Waals surface area contributed by atoms with Gasteiger partial charge in [-0.15, -0.1) is 0 Å². The zero-order valence-electron chi connectivity index (χ0n) is 8.38. The summed E-state index contributed by atoms with van der Waals surface area (Å²) in [4.78, 5) is 2.50. The molecule has 0 atom stereocenters. The average molecular weight is 301 g/mol. The first-order valence-corrected chi connectivity index (χ1v) is 6.82. The Morgan fingerprint density at radius 1 is 1.00 bits per heavy atom. The SMILES string of the molecule is ICc1ccc(N2CCCCC2)cc1. The van der Waals surface area contributed by atoms with E-state index in [0.717, 1.165) is 4.43 Å². The van der Waals surface area contributed by atoms with Crippen LogP contribution in [0.1, 0.15) is 24.8 Å². The first-order valence-electron chi connectivity index (χ1n) is 5.30. The van der Waals surface area contributed by atoms with Crippen LogP contribution in [-0.4, -0.2) is 13.1 Å².